The van der Waals surface area contributed by atoms with Crippen LogP contribution in [-0.4, -0.2) is 37.8 Å². The zero-order chi connectivity index (χ0) is 32.4. The lowest BCUT2D eigenvalue weighted by molar-refractivity contribution is -0.147. The van der Waals surface area contributed by atoms with Crippen LogP contribution in [0.15, 0.2) is 30.3 Å². The molecule has 0 aliphatic heterocycles. The van der Waals surface area contributed by atoms with E-state index in [1.165, 1.54) is 22.3 Å². The van der Waals surface area contributed by atoms with E-state index in [4.69, 9.17) is 0 Å². The van der Waals surface area contributed by atoms with Gasteiger partial charge in [-0.1, -0.05) is 17.2 Å². The fourth-order valence-electron chi connectivity index (χ4n) is 5.43. The van der Waals surface area contributed by atoms with E-state index in [9.17, 15) is 36.2 Å². The minimum atomic E-state index is -4.97. The van der Waals surface area contributed by atoms with Crippen molar-refractivity contribution in [1.82, 2.24) is 25.5 Å². The van der Waals surface area contributed by atoms with E-state index in [2.05, 4.69) is 26.8 Å². The molecule has 15 heteroatoms. The number of nitrogens with zero attached hydrogens (tertiary/aromatic N) is 5. The number of tetrazole rings is 1. The minimum absolute atomic E-state index is 0. The third kappa shape index (κ3) is 9.09. The van der Waals surface area contributed by atoms with Crippen molar-refractivity contribution < 1.29 is 36.2 Å². The number of carboxylic acids is 1. The molecular weight excluding hydrogens is 626 g/mol. The van der Waals surface area contributed by atoms with Crippen LogP contribution in [-0.2, 0) is 50.1 Å². The summed E-state index contributed by atoms with van der Waals surface area (Å²) in [6, 6.07) is 5.50. The molecule has 0 radical (unpaired) electrons. The summed E-state index contributed by atoms with van der Waals surface area (Å²) in [6.45, 7) is 5.64. The summed E-state index contributed by atoms with van der Waals surface area (Å²) in [5, 5.41) is 24.9. The number of fused-ring (bicyclic) bond motifs is 1. The Hall–Kier alpha value is -3.39. The predicted molar refractivity (Wildman–Crippen MR) is 158 cm³/mol. The number of carbonyl (C=O) groups is 1. The van der Waals surface area contributed by atoms with Crippen LogP contribution in [0.25, 0.3) is 0 Å². The number of rotatable bonds is 12. The van der Waals surface area contributed by atoms with Crippen LogP contribution in [0.3, 0.4) is 0 Å². The second-order valence-electron chi connectivity index (χ2n) is 12.0. The van der Waals surface area contributed by atoms with Crippen molar-refractivity contribution >= 4 is 24.3 Å². The van der Waals surface area contributed by atoms with Crippen LogP contribution in [0.2, 0.25) is 0 Å². The second kappa shape index (κ2) is 13.9. The molecule has 3 aromatic rings. The van der Waals surface area contributed by atoms with Crippen molar-refractivity contribution in [3.8, 4) is 0 Å². The van der Waals surface area contributed by atoms with Crippen molar-refractivity contribution in [3.63, 3.8) is 0 Å². The zero-order valence-electron chi connectivity index (χ0n) is 25.4. The van der Waals surface area contributed by atoms with Crippen molar-refractivity contribution in [2.75, 3.05) is 11.4 Å². The summed E-state index contributed by atoms with van der Waals surface area (Å²) in [7, 11) is 1.51. The molecular formula is C30H37ClF6N6O2. The lowest BCUT2D eigenvalue weighted by Crippen LogP contribution is -2.28. The lowest BCUT2D eigenvalue weighted by Gasteiger charge is -2.26. The maximum atomic E-state index is 13.6. The van der Waals surface area contributed by atoms with Crippen LogP contribution in [0.5, 0.6) is 0 Å². The zero-order valence-corrected chi connectivity index (χ0v) is 26.2. The van der Waals surface area contributed by atoms with Crippen molar-refractivity contribution in [2.24, 2.45) is 12.5 Å². The molecule has 1 aliphatic carbocycles. The maximum absolute atomic E-state index is 13.6. The number of carboxylic acid groups (broad SMARTS) is 1. The number of halogens is 7. The van der Waals surface area contributed by atoms with E-state index in [0.717, 1.165) is 36.0 Å². The van der Waals surface area contributed by atoms with Gasteiger partial charge >= 0.3 is 18.3 Å². The molecule has 0 spiro atoms. The molecule has 0 bridgehead atoms. The van der Waals surface area contributed by atoms with Gasteiger partial charge in [0.2, 0.25) is 0 Å². The number of anilines is 1. The van der Waals surface area contributed by atoms with Gasteiger partial charge in [-0.2, -0.15) is 31.1 Å². The SMILES string of the molecule is CC(NCCCC(C)(C)C(=O)O)c1cc2c(cc1CN(Cc1cc(C(F)(F)F)cc(C(F)(F)F)c1)c1nnn(C)n1)CCC2.Cl. The molecule has 1 aromatic heterocycles. The fourth-order valence-corrected chi connectivity index (χ4v) is 5.43. The minimum Gasteiger partial charge on any atom is -0.481 e. The molecule has 0 saturated carbocycles. The van der Waals surface area contributed by atoms with Gasteiger partial charge < -0.3 is 15.3 Å². The Bertz CT molecular complexity index is 1460. The molecule has 1 atom stereocenters. The number of hydrogen-bond donors (Lipinski definition) is 2. The van der Waals surface area contributed by atoms with Crippen LogP contribution < -0.4 is 10.2 Å². The van der Waals surface area contributed by atoms with E-state index in [-0.39, 0.29) is 49.1 Å². The summed E-state index contributed by atoms with van der Waals surface area (Å²) in [6.07, 6.45) is -6.11. The van der Waals surface area contributed by atoms with E-state index < -0.39 is 34.9 Å². The Balaban J connectivity index is 0.00000552. The van der Waals surface area contributed by atoms with E-state index in [0.29, 0.717) is 31.5 Å². The first-order valence-corrected chi connectivity index (χ1v) is 14.3. The number of benzene rings is 2. The number of aromatic nitrogens is 4. The van der Waals surface area contributed by atoms with Crippen molar-refractivity contribution in [3.05, 3.63) is 69.3 Å². The molecule has 45 heavy (non-hydrogen) atoms. The Morgan fingerprint density at radius 2 is 1.60 bits per heavy atom. The van der Waals surface area contributed by atoms with Crippen LogP contribution >= 0.6 is 12.4 Å². The summed E-state index contributed by atoms with van der Waals surface area (Å²) in [5.41, 5.74) is 0.251. The lowest BCUT2D eigenvalue weighted by atomic mass is 9.88. The van der Waals surface area contributed by atoms with Gasteiger partial charge in [-0.05, 0) is 111 Å². The van der Waals surface area contributed by atoms with Crippen molar-refractivity contribution in [2.45, 2.75) is 84.4 Å². The van der Waals surface area contributed by atoms with Crippen molar-refractivity contribution in [1.29, 1.82) is 0 Å². The highest BCUT2D eigenvalue weighted by atomic mass is 35.5. The molecule has 1 unspecified atom stereocenters. The molecule has 0 saturated heterocycles. The number of alkyl halides is 6. The molecule has 1 heterocycles. The van der Waals surface area contributed by atoms with Gasteiger partial charge in [0.05, 0.1) is 23.6 Å². The van der Waals surface area contributed by atoms with Crippen LogP contribution in [0.1, 0.15) is 85.0 Å². The Morgan fingerprint density at radius 1 is 1.00 bits per heavy atom. The predicted octanol–water partition coefficient (Wildman–Crippen LogP) is 6.91. The van der Waals surface area contributed by atoms with Gasteiger partial charge in [-0.3, -0.25) is 4.79 Å². The van der Waals surface area contributed by atoms with Gasteiger partial charge in [-0.15, -0.1) is 17.5 Å². The van der Waals surface area contributed by atoms with Gasteiger partial charge in [0.1, 0.15) is 0 Å². The highest BCUT2D eigenvalue weighted by molar-refractivity contribution is 5.85. The first-order valence-electron chi connectivity index (χ1n) is 14.3. The molecule has 2 aromatic carbocycles. The van der Waals surface area contributed by atoms with Gasteiger partial charge in [0.25, 0.3) is 5.95 Å². The Morgan fingerprint density at radius 3 is 2.13 bits per heavy atom. The standard InChI is InChI=1S/C30H36F6N6O2.ClH/c1-18(37-10-6-9-28(2,3)26(43)44)25-14-21-8-5-7-20(21)13-22(25)17-42(27-38-40-41(4)39-27)16-19-11-23(29(31,32)33)15-24(12-19)30(34,35)36;/h11-15,18,37H,5-10,16-17H2,1-4H3,(H,43,44);1H. The molecule has 248 valence electrons. The highest BCUT2D eigenvalue weighted by Crippen LogP contribution is 2.37. The molecule has 0 fully saturated rings. The summed E-state index contributed by atoms with van der Waals surface area (Å²) >= 11 is 0. The number of nitrogens with one attached hydrogen (secondary N) is 1. The van der Waals surface area contributed by atoms with Crippen LogP contribution in [0.4, 0.5) is 32.3 Å². The molecule has 8 nitrogen and oxygen atoms in total. The average molecular weight is 663 g/mol. The third-order valence-corrected chi connectivity index (χ3v) is 7.99. The smallest absolute Gasteiger partial charge is 0.416 e. The average Bonchev–Trinajstić information content (AvgIpc) is 3.57. The van der Waals surface area contributed by atoms with E-state index >= 15 is 0 Å². The maximum Gasteiger partial charge on any atom is 0.416 e. The monoisotopic (exact) mass is 662 g/mol. The molecule has 0 amide bonds. The van der Waals surface area contributed by atoms with E-state index in [1.54, 1.807) is 13.8 Å². The normalized spacial score (nSPS) is 14.2. The Kier molecular flexibility index (Phi) is 11.2. The largest absolute Gasteiger partial charge is 0.481 e. The molecule has 1 aliphatic rings. The summed E-state index contributed by atoms with van der Waals surface area (Å²) < 4.78 is 81.6. The third-order valence-electron chi connectivity index (χ3n) is 7.99. The Labute approximate surface area is 263 Å². The van der Waals surface area contributed by atoms with Gasteiger partial charge in [0, 0.05) is 19.1 Å². The molecule has 2 N–H and O–H groups in total. The first-order chi connectivity index (χ1) is 20.4. The van der Waals surface area contributed by atoms with Gasteiger partial charge in [-0.25, -0.2) is 0 Å². The number of aryl methyl sites for hydroxylation is 3. The second-order valence-corrected chi connectivity index (χ2v) is 12.0. The number of aliphatic carboxylic acids is 1. The van der Waals surface area contributed by atoms with Crippen LogP contribution in [0, 0.1) is 5.41 Å². The topological polar surface area (TPSA) is 96.2 Å². The van der Waals surface area contributed by atoms with E-state index in [1.807, 2.05) is 13.0 Å². The fraction of sp³-hybridized carbons (Fsp3) is 0.533. The molecule has 4 rings (SSSR count). The highest BCUT2D eigenvalue weighted by Gasteiger charge is 2.37. The summed E-state index contributed by atoms with van der Waals surface area (Å²) in [5.74, 6) is -0.811. The van der Waals surface area contributed by atoms with Gasteiger partial charge in [0.15, 0.2) is 0 Å². The number of hydrogen-bond acceptors (Lipinski definition) is 6. The quantitative estimate of drug-likeness (QED) is 0.161. The first kappa shape index (κ1) is 36.1. The summed E-state index contributed by atoms with van der Waals surface area (Å²) in [4.78, 5) is 14.1.